The fourth-order valence-electron chi connectivity index (χ4n) is 3.41. The molecule has 198 valence electrons. The molecule has 0 amide bonds. The SMILES string of the molecule is CNc1ccc(Oc2ccc(Nc3nc(C)nc(Nc4ccccc4)n3)cc2C(F)(F)F)c(C(F)(F)F)c1. The molecule has 13 heteroatoms. The number of hydrogen-bond donors (Lipinski definition) is 3. The Morgan fingerprint density at radius 1 is 0.632 bits per heavy atom. The molecule has 0 radical (unpaired) electrons. The van der Waals surface area contributed by atoms with E-state index >= 15 is 0 Å². The van der Waals surface area contributed by atoms with Gasteiger partial charge in [-0.2, -0.15) is 41.3 Å². The van der Waals surface area contributed by atoms with Crippen LogP contribution in [0.25, 0.3) is 0 Å². The molecule has 3 N–H and O–H groups in total. The van der Waals surface area contributed by atoms with Gasteiger partial charge in [0.25, 0.3) is 0 Å². The summed E-state index contributed by atoms with van der Waals surface area (Å²) in [7, 11) is 1.41. The van der Waals surface area contributed by atoms with Crippen LogP contribution in [0.2, 0.25) is 0 Å². The molecular formula is C25H20F6N6O. The van der Waals surface area contributed by atoms with Crippen molar-refractivity contribution in [3.8, 4) is 11.5 Å². The number of aromatic nitrogens is 3. The second kappa shape index (κ2) is 10.4. The second-order valence-corrected chi connectivity index (χ2v) is 7.92. The number of ether oxygens (including phenoxy) is 1. The van der Waals surface area contributed by atoms with Crippen molar-refractivity contribution < 1.29 is 31.1 Å². The minimum Gasteiger partial charge on any atom is -0.456 e. The maximum atomic E-state index is 13.9. The summed E-state index contributed by atoms with van der Waals surface area (Å²) in [5.41, 5.74) is -1.78. The number of aryl methyl sites for hydroxylation is 1. The van der Waals surface area contributed by atoms with E-state index in [4.69, 9.17) is 4.74 Å². The number of nitrogens with zero attached hydrogens (tertiary/aromatic N) is 3. The van der Waals surface area contributed by atoms with Gasteiger partial charge in [-0.3, -0.25) is 0 Å². The van der Waals surface area contributed by atoms with E-state index in [0.717, 1.165) is 18.2 Å². The van der Waals surface area contributed by atoms with Gasteiger partial charge in [0.05, 0.1) is 0 Å². The Labute approximate surface area is 212 Å². The van der Waals surface area contributed by atoms with Gasteiger partial charge in [0, 0.05) is 24.1 Å². The molecule has 0 aliphatic heterocycles. The Hall–Kier alpha value is -4.55. The van der Waals surface area contributed by atoms with Crippen molar-refractivity contribution in [3.05, 3.63) is 83.7 Å². The quantitative estimate of drug-likeness (QED) is 0.211. The summed E-state index contributed by atoms with van der Waals surface area (Å²) in [6.07, 6.45) is -9.80. The molecule has 0 spiro atoms. The minimum absolute atomic E-state index is 0.0419. The highest BCUT2D eigenvalue weighted by Crippen LogP contribution is 2.44. The summed E-state index contributed by atoms with van der Waals surface area (Å²) in [5.74, 6) is -1.16. The zero-order chi connectivity index (χ0) is 27.5. The summed E-state index contributed by atoms with van der Waals surface area (Å²) in [5, 5.41) is 8.20. The first-order valence-electron chi connectivity index (χ1n) is 11.0. The van der Waals surface area contributed by atoms with Crippen LogP contribution >= 0.6 is 0 Å². The highest BCUT2D eigenvalue weighted by atomic mass is 19.4. The van der Waals surface area contributed by atoms with Crippen LogP contribution in [-0.2, 0) is 12.4 Å². The van der Waals surface area contributed by atoms with Gasteiger partial charge >= 0.3 is 12.4 Å². The molecule has 0 unspecified atom stereocenters. The third kappa shape index (κ3) is 6.41. The largest absolute Gasteiger partial charge is 0.456 e. The van der Waals surface area contributed by atoms with Crippen LogP contribution in [0.15, 0.2) is 66.7 Å². The van der Waals surface area contributed by atoms with Crippen molar-refractivity contribution >= 4 is 29.0 Å². The summed E-state index contributed by atoms with van der Waals surface area (Å²) >= 11 is 0. The fourth-order valence-corrected chi connectivity index (χ4v) is 3.41. The molecule has 0 aliphatic carbocycles. The van der Waals surface area contributed by atoms with Crippen LogP contribution in [-0.4, -0.2) is 22.0 Å². The van der Waals surface area contributed by atoms with Crippen molar-refractivity contribution in [1.29, 1.82) is 0 Å². The Balaban J connectivity index is 1.65. The van der Waals surface area contributed by atoms with Gasteiger partial charge in [-0.1, -0.05) is 18.2 Å². The maximum Gasteiger partial charge on any atom is 0.420 e. The van der Waals surface area contributed by atoms with Gasteiger partial charge in [-0.25, -0.2) is 0 Å². The van der Waals surface area contributed by atoms with E-state index in [1.165, 1.54) is 19.2 Å². The molecule has 0 fully saturated rings. The topological polar surface area (TPSA) is 84.0 Å². The molecule has 1 heterocycles. The molecule has 4 aromatic rings. The van der Waals surface area contributed by atoms with E-state index in [9.17, 15) is 26.3 Å². The van der Waals surface area contributed by atoms with E-state index in [1.54, 1.807) is 31.2 Å². The first kappa shape index (κ1) is 26.5. The normalized spacial score (nSPS) is 11.7. The van der Waals surface area contributed by atoms with Gasteiger partial charge in [0.15, 0.2) is 0 Å². The van der Waals surface area contributed by atoms with E-state index in [2.05, 4.69) is 30.9 Å². The van der Waals surface area contributed by atoms with Crippen LogP contribution in [0.1, 0.15) is 17.0 Å². The first-order valence-corrected chi connectivity index (χ1v) is 11.0. The van der Waals surface area contributed by atoms with Crippen LogP contribution in [0.3, 0.4) is 0 Å². The number of para-hydroxylation sites is 1. The van der Waals surface area contributed by atoms with Crippen LogP contribution in [0.5, 0.6) is 11.5 Å². The van der Waals surface area contributed by atoms with Crippen LogP contribution in [0, 0.1) is 6.92 Å². The van der Waals surface area contributed by atoms with Crippen molar-refractivity contribution in [1.82, 2.24) is 15.0 Å². The molecule has 7 nitrogen and oxygen atoms in total. The minimum atomic E-state index is -4.94. The van der Waals surface area contributed by atoms with Gasteiger partial charge in [0.1, 0.15) is 28.5 Å². The van der Waals surface area contributed by atoms with E-state index in [-0.39, 0.29) is 23.3 Å². The lowest BCUT2D eigenvalue weighted by atomic mass is 10.1. The zero-order valence-electron chi connectivity index (χ0n) is 19.9. The van der Waals surface area contributed by atoms with Gasteiger partial charge in [-0.15, -0.1) is 0 Å². The Morgan fingerprint density at radius 2 is 1.13 bits per heavy atom. The van der Waals surface area contributed by atoms with Crippen molar-refractivity contribution in [2.24, 2.45) is 0 Å². The van der Waals surface area contributed by atoms with E-state index in [1.807, 2.05) is 6.07 Å². The zero-order valence-corrected chi connectivity index (χ0v) is 19.9. The van der Waals surface area contributed by atoms with Gasteiger partial charge in [0.2, 0.25) is 11.9 Å². The molecule has 0 atom stereocenters. The molecule has 0 bridgehead atoms. The van der Waals surface area contributed by atoms with Gasteiger partial charge < -0.3 is 20.7 Å². The number of anilines is 5. The number of halogens is 6. The van der Waals surface area contributed by atoms with E-state index < -0.39 is 35.0 Å². The predicted octanol–water partition coefficient (Wildman–Crippen LogP) is 7.54. The second-order valence-electron chi connectivity index (χ2n) is 7.92. The highest BCUT2D eigenvalue weighted by molar-refractivity contribution is 5.61. The Morgan fingerprint density at radius 3 is 1.66 bits per heavy atom. The third-order valence-electron chi connectivity index (χ3n) is 5.11. The lowest BCUT2D eigenvalue weighted by Crippen LogP contribution is -2.11. The van der Waals surface area contributed by atoms with Crippen molar-refractivity contribution in [2.45, 2.75) is 19.3 Å². The molecule has 38 heavy (non-hydrogen) atoms. The number of benzene rings is 3. The monoisotopic (exact) mass is 534 g/mol. The number of hydrogen-bond acceptors (Lipinski definition) is 7. The summed E-state index contributed by atoms with van der Waals surface area (Å²) < 4.78 is 87.5. The first-order chi connectivity index (χ1) is 17.9. The lowest BCUT2D eigenvalue weighted by molar-refractivity contribution is -0.139. The van der Waals surface area contributed by atoms with Gasteiger partial charge in [-0.05, 0) is 55.5 Å². The lowest BCUT2D eigenvalue weighted by Gasteiger charge is -2.19. The number of alkyl halides is 6. The Kier molecular flexibility index (Phi) is 7.28. The summed E-state index contributed by atoms with van der Waals surface area (Å²) in [4.78, 5) is 12.4. The van der Waals surface area contributed by atoms with Crippen LogP contribution < -0.4 is 20.7 Å². The maximum absolute atomic E-state index is 13.9. The third-order valence-corrected chi connectivity index (χ3v) is 5.11. The summed E-state index contributed by atoms with van der Waals surface area (Å²) in [6.45, 7) is 1.58. The van der Waals surface area contributed by atoms with E-state index in [0.29, 0.717) is 17.6 Å². The summed E-state index contributed by atoms with van der Waals surface area (Å²) in [6, 6.07) is 14.8. The molecule has 0 aliphatic rings. The van der Waals surface area contributed by atoms with Crippen LogP contribution in [0.4, 0.5) is 55.3 Å². The number of nitrogens with one attached hydrogen (secondary N) is 3. The average molecular weight is 534 g/mol. The smallest absolute Gasteiger partial charge is 0.420 e. The highest BCUT2D eigenvalue weighted by Gasteiger charge is 2.38. The average Bonchev–Trinajstić information content (AvgIpc) is 2.84. The molecule has 0 saturated carbocycles. The molecule has 0 saturated heterocycles. The standard InChI is InChI=1S/C25H20F6N6O/c1-14-33-22(35-15-6-4-3-5-7-15)37-23(34-14)36-17-9-11-21(19(13-17)25(29,30)31)38-20-10-8-16(32-2)12-18(20)24(26,27)28/h3-13,32H,1-2H3,(H2,33,34,35,36,37). The van der Waals surface area contributed by atoms with Crippen molar-refractivity contribution in [2.75, 3.05) is 23.0 Å². The molecular weight excluding hydrogens is 514 g/mol. The van der Waals surface area contributed by atoms with Crippen molar-refractivity contribution in [3.63, 3.8) is 0 Å². The Bertz CT molecular complexity index is 1430. The number of rotatable bonds is 7. The molecule has 1 aromatic heterocycles. The molecule has 4 rings (SSSR count). The molecule has 3 aromatic carbocycles. The fraction of sp³-hybridized carbons (Fsp3) is 0.160. The predicted molar refractivity (Wildman–Crippen MR) is 130 cm³/mol.